The van der Waals surface area contributed by atoms with E-state index in [9.17, 15) is 0 Å². The third kappa shape index (κ3) is 3.04. The van der Waals surface area contributed by atoms with Gasteiger partial charge in [-0.15, -0.1) is 11.3 Å². The van der Waals surface area contributed by atoms with Crippen LogP contribution in [-0.4, -0.2) is 4.98 Å². The van der Waals surface area contributed by atoms with E-state index in [0.717, 1.165) is 22.4 Å². The van der Waals surface area contributed by atoms with Gasteiger partial charge in [0.1, 0.15) is 9.34 Å². The molecule has 0 saturated heterocycles. The van der Waals surface area contributed by atoms with E-state index in [1.807, 2.05) is 0 Å². The molecule has 4 heteroatoms. The van der Waals surface area contributed by atoms with Crippen LogP contribution in [0.2, 0.25) is 4.34 Å². The zero-order valence-corrected chi connectivity index (χ0v) is 10.6. The molecule has 2 aromatic rings. The Morgan fingerprint density at radius 1 is 1.31 bits per heavy atom. The first-order chi connectivity index (χ1) is 7.75. The summed E-state index contributed by atoms with van der Waals surface area (Å²) in [6, 6.07) is 8.37. The zero-order chi connectivity index (χ0) is 11.4. The molecule has 1 heterocycles. The van der Waals surface area contributed by atoms with Gasteiger partial charge in [-0.3, -0.25) is 0 Å². The first kappa shape index (κ1) is 11.6. The van der Waals surface area contributed by atoms with Gasteiger partial charge in [0.2, 0.25) is 0 Å². The molecule has 0 fully saturated rings. The van der Waals surface area contributed by atoms with Gasteiger partial charge in [-0.2, -0.15) is 0 Å². The monoisotopic (exact) mass is 252 g/mol. The molecular formula is C12H13ClN2S. The van der Waals surface area contributed by atoms with Gasteiger partial charge in [0, 0.05) is 13.1 Å². The number of nitrogens with zero attached hydrogens (tertiary/aromatic N) is 1. The number of aromatic nitrogens is 1. The minimum atomic E-state index is 0.743. The van der Waals surface area contributed by atoms with Crippen molar-refractivity contribution in [1.29, 1.82) is 0 Å². The average molecular weight is 253 g/mol. The Hall–Kier alpha value is -0.900. The maximum Gasteiger partial charge on any atom is 0.113 e. The van der Waals surface area contributed by atoms with Crippen molar-refractivity contribution in [2.24, 2.45) is 0 Å². The van der Waals surface area contributed by atoms with Crippen molar-refractivity contribution in [3.05, 3.63) is 50.9 Å². The smallest absolute Gasteiger partial charge is 0.113 e. The van der Waals surface area contributed by atoms with Crippen molar-refractivity contribution >= 4 is 22.9 Å². The minimum Gasteiger partial charge on any atom is -0.306 e. The molecule has 1 N–H and O–H groups in total. The van der Waals surface area contributed by atoms with Gasteiger partial charge in [0.05, 0.1) is 6.20 Å². The van der Waals surface area contributed by atoms with Crippen LogP contribution in [0.1, 0.15) is 16.1 Å². The van der Waals surface area contributed by atoms with Crippen LogP contribution in [0.15, 0.2) is 30.5 Å². The van der Waals surface area contributed by atoms with Crippen molar-refractivity contribution in [3.63, 3.8) is 0 Å². The number of rotatable bonds is 4. The highest BCUT2D eigenvalue weighted by molar-refractivity contribution is 7.15. The number of benzene rings is 1. The van der Waals surface area contributed by atoms with E-state index in [0.29, 0.717) is 0 Å². The Morgan fingerprint density at radius 3 is 2.81 bits per heavy atom. The van der Waals surface area contributed by atoms with E-state index in [-0.39, 0.29) is 0 Å². The molecule has 0 aliphatic rings. The largest absolute Gasteiger partial charge is 0.306 e. The Bertz CT molecular complexity index is 468. The van der Waals surface area contributed by atoms with E-state index in [4.69, 9.17) is 11.6 Å². The molecule has 2 rings (SSSR count). The van der Waals surface area contributed by atoms with E-state index >= 15 is 0 Å². The number of nitrogens with one attached hydrogen (secondary N) is 1. The fraction of sp³-hybridized carbons (Fsp3) is 0.250. The van der Waals surface area contributed by atoms with Crippen LogP contribution in [0.5, 0.6) is 0 Å². The van der Waals surface area contributed by atoms with Gasteiger partial charge in [-0.1, -0.05) is 35.9 Å². The Balaban J connectivity index is 1.87. The maximum atomic E-state index is 5.81. The van der Waals surface area contributed by atoms with Crippen molar-refractivity contribution in [2.75, 3.05) is 0 Å². The van der Waals surface area contributed by atoms with Gasteiger partial charge in [0.15, 0.2) is 0 Å². The Labute approximate surface area is 104 Å². The molecule has 0 radical (unpaired) electrons. The lowest BCUT2D eigenvalue weighted by molar-refractivity contribution is 0.687. The molecule has 2 nitrogen and oxygen atoms in total. The van der Waals surface area contributed by atoms with Crippen LogP contribution < -0.4 is 5.32 Å². The van der Waals surface area contributed by atoms with Crippen LogP contribution in [0.4, 0.5) is 0 Å². The maximum absolute atomic E-state index is 5.81. The van der Waals surface area contributed by atoms with Crippen LogP contribution >= 0.6 is 22.9 Å². The third-order valence-corrected chi connectivity index (χ3v) is 3.49. The van der Waals surface area contributed by atoms with Gasteiger partial charge in [-0.05, 0) is 18.1 Å². The van der Waals surface area contributed by atoms with Crippen LogP contribution in [0.3, 0.4) is 0 Å². The van der Waals surface area contributed by atoms with Gasteiger partial charge >= 0.3 is 0 Å². The van der Waals surface area contributed by atoms with Crippen LogP contribution in [-0.2, 0) is 13.1 Å². The molecule has 0 spiro atoms. The summed E-state index contributed by atoms with van der Waals surface area (Å²) in [7, 11) is 0. The van der Waals surface area contributed by atoms with E-state index in [2.05, 4.69) is 41.5 Å². The normalized spacial score (nSPS) is 10.6. The summed E-state index contributed by atoms with van der Waals surface area (Å²) in [5.74, 6) is 0. The summed E-state index contributed by atoms with van der Waals surface area (Å²) < 4.78 is 0.743. The third-order valence-electron chi connectivity index (χ3n) is 2.38. The molecule has 0 atom stereocenters. The van der Waals surface area contributed by atoms with Gasteiger partial charge in [-0.25, -0.2) is 4.98 Å². The fourth-order valence-electron chi connectivity index (χ4n) is 1.48. The predicted octanol–water partition coefficient (Wildman–Crippen LogP) is 3.39. The number of hydrogen-bond donors (Lipinski definition) is 1. The van der Waals surface area contributed by atoms with E-state index in [1.54, 1.807) is 6.20 Å². The van der Waals surface area contributed by atoms with Crippen molar-refractivity contribution in [1.82, 2.24) is 10.3 Å². The van der Waals surface area contributed by atoms with E-state index < -0.39 is 0 Å². The summed E-state index contributed by atoms with van der Waals surface area (Å²) in [4.78, 5) is 4.19. The summed E-state index contributed by atoms with van der Waals surface area (Å²) in [5, 5.41) is 4.39. The van der Waals surface area contributed by atoms with Crippen molar-refractivity contribution in [3.8, 4) is 0 Å². The summed E-state index contributed by atoms with van der Waals surface area (Å²) in [6.45, 7) is 3.76. The molecule has 0 amide bonds. The SMILES string of the molecule is Cc1ccccc1CNCc1ncc(Cl)s1. The highest BCUT2D eigenvalue weighted by Crippen LogP contribution is 2.18. The first-order valence-corrected chi connectivity index (χ1v) is 6.30. The standard InChI is InChI=1S/C12H13ClN2S/c1-9-4-2-3-5-10(9)6-14-8-12-15-7-11(13)16-12/h2-5,7,14H,6,8H2,1H3. The molecule has 0 saturated carbocycles. The van der Waals surface area contributed by atoms with Gasteiger partial charge < -0.3 is 5.32 Å². The first-order valence-electron chi connectivity index (χ1n) is 5.11. The zero-order valence-electron chi connectivity index (χ0n) is 9.03. The second kappa shape index (κ2) is 5.43. The lowest BCUT2D eigenvalue weighted by Crippen LogP contribution is -2.13. The average Bonchev–Trinajstić information content (AvgIpc) is 2.67. The topological polar surface area (TPSA) is 24.9 Å². The van der Waals surface area contributed by atoms with Crippen molar-refractivity contribution in [2.45, 2.75) is 20.0 Å². The fourth-order valence-corrected chi connectivity index (χ4v) is 2.41. The van der Waals surface area contributed by atoms with Crippen molar-refractivity contribution < 1.29 is 0 Å². The molecular weight excluding hydrogens is 240 g/mol. The molecule has 1 aromatic carbocycles. The summed E-state index contributed by atoms with van der Waals surface area (Å²) in [6.07, 6.45) is 1.69. The Morgan fingerprint density at radius 2 is 2.12 bits per heavy atom. The molecule has 0 bridgehead atoms. The molecule has 0 aliphatic heterocycles. The second-order valence-corrected chi connectivity index (χ2v) is 5.33. The second-order valence-electron chi connectivity index (χ2n) is 3.59. The highest BCUT2D eigenvalue weighted by atomic mass is 35.5. The molecule has 84 valence electrons. The molecule has 0 unspecified atom stereocenters. The summed E-state index contributed by atoms with van der Waals surface area (Å²) in [5.41, 5.74) is 2.64. The van der Waals surface area contributed by atoms with Crippen LogP contribution in [0.25, 0.3) is 0 Å². The van der Waals surface area contributed by atoms with Gasteiger partial charge in [0.25, 0.3) is 0 Å². The lowest BCUT2D eigenvalue weighted by atomic mass is 10.1. The quantitative estimate of drug-likeness (QED) is 0.902. The van der Waals surface area contributed by atoms with E-state index in [1.165, 1.54) is 22.5 Å². The number of aryl methyl sites for hydroxylation is 1. The lowest BCUT2D eigenvalue weighted by Gasteiger charge is -2.05. The Kier molecular flexibility index (Phi) is 3.93. The van der Waals surface area contributed by atoms with Crippen LogP contribution in [0, 0.1) is 6.92 Å². The minimum absolute atomic E-state index is 0.743. The highest BCUT2D eigenvalue weighted by Gasteiger charge is 2.00. The molecule has 1 aromatic heterocycles. The summed E-state index contributed by atoms with van der Waals surface area (Å²) >= 11 is 7.33. The molecule has 16 heavy (non-hydrogen) atoms. The molecule has 0 aliphatic carbocycles. The number of hydrogen-bond acceptors (Lipinski definition) is 3. The number of thiazole rings is 1. The number of halogens is 1. The predicted molar refractivity (Wildman–Crippen MR) is 68.8 cm³/mol.